The normalized spacial score (nSPS) is 14.5. The molecule has 0 saturated heterocycles. The molecule has 0 aliphatic carbocycles. The zero-order valence-corrected chi connectivity index (χ0v) is 18.9. The van der Waals surface area contributed by atoms with E-state index < -0.39 is 12.0 Å². The number of ether oxygens (including phenoxy) is 4. The number of carbonyl (C=O) groups is 1. The maximum Gasteiger partial charge on any atom is 0.248 e. The van der Waals surface area contributed by atoms with Crippen molar-refractivity contribution in [1.82, 2.24) is 9.55 Å². The van der Waals surface area contributed by atoms with Gasteiger partial charge in [0.05, 0.1) is 32.6 Å². The van der Waals surface area contributed by atoms with Gasteiger partial charge >= 0.3 is 0 Å². The number of imidazole rings is 1. The number of hydrogen-bond donors (Lipinski definition) is 1. The molecule has 0 radical (unpaired) electrons. The number of hydrogen-bond acceptors (Lipinski definition) is 7. The van der Waals surface area contributed by atoms with Gasteiger partial charge in [0.25, 0.3) is 0 Å². The Hall–Kier alpha value is -3.85. The molecule has 1 aromatic heterocycles. The minimum Gasteiger partial charge on any atom is -0.497 e. The molecule has 0 spiro atoms. The predicted molar refractivity (Wildman–Crippen MR) is 125 cm³/mol. The van der Waals surface area contributed by atoms with Gasteiger partial charge in [-0.2, -0.15) is 0 Å². The van der Waals surface area contributed by atoms with Crippen molar-refractivity contribution in [2.75, 3.05) is 26.9 Å². The fraction of sp³-hybridized carbons (Fsp3) is 0.320. The van der Waals surface area contributed by atoms with E-state index in [1.807, 2.05) is 4.57 Å². The van der Waals surface area contributed by atoms with Gasteiger partial charge in [0, 0.05) is 31.1 Å². The Morgan fingerprint density at radius 2 is 1.94 bits per heavy atom. The molecule has 1 aliphatic rings. The van der Waals surface area contributed by atoms with Crippen LogP contribution in [0.15, 0.2) is 66.2 Å². The van der Waals surface area contributed by atoms with Gasteiger partial charge in [-0.3, -0.25) is 4.79 Å². The van der Waals surface area contributed by atoms with Crippen molar-refractivity contribution >= 4 is 12.1 Å². The molecule has 0 saturated carbocycles. The average molecular weight is 466 g/mol. The smallest absolute Gasteiger partial charge is 0.248 e. The van der Waals surface area contributed by atoms with Gasteiger partial charge in [0.15, 0.2) is 11.5 Å². The second kappa shape index (κ2) is 11.3. The summed E-state index contributed by atoms with van der Waals surface area (Å²) in [6, 6.07) is 12.5. The summed E-state index contributed by atoms with van der Waals surface area (Å²) in [7, 11) is 1.59. The number of aromatic nitrogens is 2. The molecule has 0 fully saturated rings. The van der Waals surface area contributed by atoms with Crippen molar-refractivity contribution in [2.45, 2.75) is 19.1 Å². The molecule has 1 N–H and O–H groups in total. The second-order valence-electron chi connectivity index (χ2n) is 7.72. The monoisotopic (exact) mass is 465 g/mol. The van der Waals surface area contributed by atoms with E-state index in [1.165, 1.54) is 6.21 Å². The maximum atomic E-state index is 12.4. The highest BCUT2D eigenvalue weighted by molar-refractivity contribution is 5.85. The summed E-state index contributed by atoms with van der Waals surface area (Å²) < 4.78 is 23.7. The van der Waals surface area contributed by atoms with Crippen molar-refractivity contribution in [1.29, 1.82) is 0 Å². The van der Waals surface area contributed by atoms with Gasteiger partial charge in [-0.1, -0.05) is 6.07 Å². The third-order valence-corrected chi connectivity index (χ3v) is 5.35. The average Bonchev–Trinajstić information content (AvgIpc) is 3.39. The van der Waals surface area contributed by atoms with Crippen LogP contribution >= 0.6 is 0 Å². The molecule has 9 heteroatoms. The maximum absolute atomic E-state index is 12.4. The van der Waals surface area contributed by atoms with E-state index in [2.05, 4.69) is 9.98 Å². The van der Waals surface area contributed by atoms with E-state index in [1.54, 1.807) is 68.3 Å². The number of aliphatic imine (C=N–C) groups is 1. The SMILES string of the molecule is COc1ccc(OCCC(=O)N=CC(Cn2ccnc2)C(O)c2ccc3c(c2)OCCO3)cc1. The van der Waals surface area contributed by atoms with Crippen LogP contribution in [0.5, 0.6) is 23.0 Å². The van der Waals surface area contributed by atoms with E-state index in [-0.39, 0.29) is 18.9 Å². The minimum atomic E-state index is -0.912. The lowest BCUT2D eigenvalue weighted by Gasteiger charge is -2.23. The number of nitrogens with zero attached hydrogens (tertiary/aromatic N) is 3. The molecule has 9 nitrogen and oxygen atoms in total. The number of aliphatic hydroxyl groups is 1. The summed E-state index contributed by atoms with van der Waals surface area (Å²) in [5.74, 6) is 1.81. The van der Waals surface area contributed by atoms with Crippen molar-refractivity contribution < 1.29 is 28.8 Å². The van der Waals surface area contributed by atoms with Crippen LogP contribution in [0.1, 0.15) is 18.1 Å². The largest absolute Gasteiger partial charge is 0.497 e. The molecule has 2 aromatic carbocycles. The van der Waals surface area contributed by atoms with Gasteiger partial charge in [0.2, 0.25) is 5.91 Å². The number of methoxy groups -OCH3 is 1. The summed E-state index contributed by atoms with van der Waals surface area (Å²) in [6.45, 7) is 1.54. The molecule has 178 valence electrons. The van der Waals surface area contributed by atoms with E-state index in [0.29, 0.717) is 42.6 Å². The second-order valence-corrected chi connectivity index (χ2v) is 7.72. The van der Waals surface area contributed by atoms with Crippen LogP contribution in [-0.2, 0) is 11.3 Å². The van der Waals surface area contributed by atoms with Gasteiger partial charge in [-0.05, 0) is 42.0 Å². The Bertz CT molecular complexity index is 1100. The first kappa shape index (κ1) is 23.3. The highest BCUT2D eigenvalue weighted by Gasteiger charge is 2.23. The van der Waals surface area contributed by atoms with Gasteiger partial charge in [-0.25, -0.2) is 9.98 Å². The van der Waals surface area contributed by atoms with Gasteiger partial charge in [-0.15, -0.1) is 0 Å². The topological polar surface area (TPSA) is 104 Å². The lowest BCUT2D eigenvalue weighted by atomic mass is 9.96. The molecule has 2 atom stereocenters. The van der Waals surface area contributed by atoms with Crippen LogP contribution in [-0.4, -0.2) is 53.7 Å². The third kappa shape index (κ3) is 6.14. The Kier molecular flexibility index (Phi) is 7.77. The minimum absolute atomic E-state index is 0.112. The van der Waals surface area contributed by atoms with Crippen LogP contribution in [0.3, 0.4) is 0 Å². The van der Waals surface area contributed by atoms with Crippen LogP contribution in [0.2, 0.25) is 0 Å². The Balaban J connectivity index is 1.39. The highest BCUT2D eigenvalue weighted by Crippen LogP contribution is 2.34. The molecule has 34 heavy (non-hydrogen) atoms. The highest BCUT2D eigenvalue weighted by atomic mass is 16.6. The number of fused-ring (bicyclic) bond motifs is 1. The molecule has 2 unspecified atom stereocenters. The fourth-order valence-electron chi connectivity index (χ4n) is 3.53. The van der Waals surface area contributed by atoms with E-state index >= 15 is 0 Å². The number of carbonyl (C=O) groups excluding carboxylic acids is 1. The van der Waals surface area contributed by atoms with E-state index in [0.717, 1.165) is 5.75 Å². The third-order valence-electron chi connectivity index (χ3n) is 5.35. The van der Waals surface area contributed by atoms with Gasteiger partial charge < -0.3 is 28.6 Å². The quantitative estimate of drug-likeness (QED) is 0.459. The Labute approximate surface area is 197 Å². The van der Waals surface area contributed by atoms with Crippen LogP contribution < -0.4 is 18.9 Å². The fourth-order valence-corrected chi connectivity index (χ4v) is 3.53. The van der Waals surface area contributed by atoms with Crippen LogP contribution in [0.4, 0.5) is 0 Å². The number of benzene rings is 2. The molecule has 1 aliphatic heterocycles. The van der Waals surface area contributed by atoms with Crippen molar-refractivity contribution in [3.05, 3.63) is 66.7 Å². The zero-order valence-electron chi connectivity index (χ0n) is 18.9. The predicted octanol–water partition coefficient (Wildman–Crippen LogP) is 3.08. The van der Waals surface area contributed by atoms with Crippen molar-refractivity contribution in [3.8, 4) is 23.0 Å². The van der Waals surface area contributed by atoms with Crippen LogP contribution in [0.25, 0.3) is 0 Å². The first-order chi connectivity index (χ1) is 16.6. The summed E-state index contributed by atoms with van der Waals surface area (Å²) in [5, 5.41) is 11.1. The molecule has 1 amide bonds. The van der Waals surface area contributed by atoms with Crippen molar-refractivity contribution in [2.24, 2.45) is 10.9 Å². The number of aliphatic hydroxyl groups excluding tert-OH is 1. The number of amides is 1. The molecule has 2 heterocycles. The van der Waals surface area contributed by atoms with E-state index in [4.69, 9.17) is 18.9 Å². The molecule has 4 rings (SSSR count). The molecular formula is C25H27N3O6. The standard InChI is InChI=1S/C25H27N3O6/c1-31-20-3-5-21(6-4-20)32-11-8-24(29)27-15-19(16-28-10-9-26-17-28)25(30)18-2-7-22-23(14-18)34-13-12-33-22/h2-7,9-10,14-15,17,19,25,30H,8,11-13,16H2,1H3. The zero-order chi connectivity index (χ0) is 23.8. The van der Waals surface area contributed by atoms with Crippen LogP contribution in [0, 0.1) is 5.92 Å². The summed E-state index contributed by atoms with van der Waals surface area (Å²) in [4.78, 5) is 20.5. The Morgan fingerprint density at radius 1 is 1.18 bits per heavy atom. The molecular weight excluding hydrogens is 438 g/mol. The summed E-state index contributed by atoms with van der Waals surface area (Å²) >= 11 is 0. The first-order valence-electron chi connectivity index (χ1n) is 11.0. The number of rotatable bonds is 10. The Morgan fingerprint density at radius 3 is 2.68 bits per heavy atom. The summed E-state index contributed by atoms with van der Waals surface area (Å²) in [6.07, 6.45) is 5.80. The summed E-state index contributed by atoms with van der Waals surface area (Å²) in [5.41, 5.74) is 0.649. The van der Waals surface area contributed by atoms with Gasteiger partial charge in [0.1, 0.15) is 24.7 Å². The van der Waals surface area contributed by atoms with E-state index in [9.17, 15) is 9.90 Å². The lowest BCUT2D eigenvalue weighted by molar-refractivity contribution is -0.118. The lowest BCUT2D eigenvalue weighted by Crippen LogP contribution is -2.21. The molecule has 0 bridgehead atoms. The van der Waals surface area contributed by atoms with Crippen molar-refractivity contribution in [3.63, 3.8) is 0 Å². The first-order valence-corrected chi connectivity index (χ1v) is 11.0. The molecule has 3 aromatic rings.